The van der Waals surface area contributed by atoms with Crippen LogP contribution in [0.1, 0.15) is 142 Å². The van der Waals surface area contributed by atoms with E-state index in [4.69, 9.17) is 18.9 Å². The molecule has 0 aliphatic carbocycles. The van der Waals surface area contributed by atoms with Crippen molar-refractivity contribution in [3.05, 3.63) is 72.9 Å². The summed E-state index contributed by atoms with van der Waals surface area (Å²) in [7, 11) is 0. The van der Waals surface area contributed by atoms with E-state index in [0.29, 0.717) is 12.8 Å². The highest BCUT2D eigenvalue weighted by atomic mass is 16.7. The molecule has 0 bridgehead atoms. The van der Waals surface area contributed by atoms with E-state index in [1.165, 1.54) is 0 Å². The van der Waals surface area contributed by atoms with Gasteiger partial charge in [0.1, 0.15) is 31.0 Å². The molecule has 1 heterocycles. The van der Waals surface area contributed by atoms with Crippen LogP contribution in [0.15, 0.2) is 72.9 Å². The number of aliphatic hydroxyl groups is 4. The van der Waals surface area contributed by atoms with Crippen LogP contribution >= 0.6 is 0 Å². The van der Waals surface area contributed by atoms with Gasteiger partial charge in [0, 0.05) is 12.8 Å². The van der Waals surface area contributed by atoms with Crippen LogP contribution in [0, 0.1) is 0 Å². The first-order chi connectivity index (χ1) is 26.8. The molecule has 0 spiro atoms. The van der Waals surface area contributed by atoms with Crippen molar-refractivity contribution in [1.82, 2.24) is 0 Å². The number of carbonyl (C=O) groups is 2. The van der Waals surface area contributed by atoms with Gasteiger partial charge < -0.3 is 39.4 Å². The Morgan fingerprint density at radius 3 is 1.53 bits per heavy atom. The standard InChI is InChI=1S/C45H74O10/c1-3-5-7-9-11-13-15-17-19-21-23-25-27-29-31-33-40(47)52-36-38(37-53-45-44(51)43(50)42(49)39(35-46)55-45)54-41(48)34-32-30-28-26-24-22-20-18-16-14-12-10-8-6-4-2/h5-8,11-14,17-20,38-39,42-46,49-51H,3-4,9-10,15-16,21-37H2,1-2H3/b7-5+,8-6-,13-11+,14-12-,19-17-,20-18+/t38-,39-,42+,43+,44-,45-/m1/s1. The number of rotatable bonds is 33. The van der Waals surface area contributed by atoms with Gasteiger partial charge in [-0.3, -0.25) is 9.59 Å². The molecule has 1 aliphatic rings. The second kappa shape index (κ2) is 35.5. The number of unbranched alkanes of at least 4 members (excludes halogenated alkanes) is 10. The molecule has 0 unspecified atom stereocenters. The predicted molar refractivity (Wildman–Crippen MR) is 219 cm³/mol. The van der Waals surface area contributed by atoms with Crippen molar-refractivity contribution in [1.29, 1.82) is 0 Å². The van der Waals surface area contributed by atoms with E-state index in [0.717, 1.165) is 103 Å². The van der Waals surface area contributed by atoms with Crippen molar-refractivity contribution in [3.63, 3.8) is 0 Å². The molecule has 1 fully saturated rings. The van der Waals surface area contributed by atoms with E-state index in [1.54, 1.807) is 0 Å². The molecular weight excluding hydrogens is 700 g/mol. The Morgan fingerprint density at radius 2 is 1.02 bits per heavy atom. The van der Waals surface area contributed by atoms with Crippen LogP contribution in [0.3, 0.4) is 0 Å². The fourth-order valence-corrected chi connectivity index (χ4v) is 5.80. The maximum Gasteiger partial charge on any atom is 0.306 e. The van der Waals surface area contributed by atoms with Gasteiger partial charge >= 0.3 is 11.9 Å². The van der Waals surface area contributed by atoms with Crippen molar-refractivity contribution in [3.8, 4) is 0 Å². The molecule has 0 radical (unpaired) electrons. The Kier molecular flexibility index (Phi) is 32.4. The van der Waals surface area contributed by atoms with Crippen molar-refractivity contribution in [2.45, 2.75) is 179 Å². The van der Waals surface area contributed by atoms with Crippen LogP contribution in [-0.2, 0) is 28.5 Å². The molecular formula is C45H74O10. The lowest BCUT2D eigenvalue weighted by Gasteiger charge is -2.39. The number of carbonyl (C=O) groups excluding carboxylic acids is 2. The first-order valence-corrected chi connectivity index (χ1v) is 21.0. The normalized spacial score (nSPS) is 21.3. The zero-order chi connectivity index (χ0) is 40.2. The Morgan fingerprint density at radius 1 is 0.564 bits per heavy atom. The van der Waals surface area contributed by atoms with Gasteiger partial charge in [0.05, 0.1) is 13.2 Å². The lowest BCUT2D eigenvalue weighted by Crippen LogP contribution is -2.59. The quantitative estimate of drug-likeness (QED) is 0.0291. The van der Waals surface area contributed by atoms with Crippen LogP contribution in [0.5, 0.6) is 0 Å². The molecule has 1 rings (SSSR count). The number of esters is 2. The van der Waals surface area contributed by atoms with Gasteiger partial charge in [-0.15, -0.1) is 0 Å². The van der Waals surface area contributed by atoms with Gasteiger partial charge in [-0.25, -0.2) is 0 Å². The summed E-state index contributed by atoms with van der Waals surface area (Å²) in [5.74, 6) is -0.855. The summed E-state index contributed by atoms with van der Waals surface area (Å²) in [6.07, 6.45) is 36.2. The second-order valence-electron chi connectivity index (χ2n) is 14.0. The summed E-state index contributed by atoms with van der Waals surface area (Å²) >= 11 is 0. The summed E-state index contributed by atoms with van der Waals surface area (Å²) in [4.78, 5) is 25.3. The molecule has 10 nitrogen and oxygen atoms in total. The number of hydrogen-bond donors (Lipinski definition) is 4. The average molecular weight is 775 g/mol. The smallest absolute Gasteiger partial charge is 0.306 e. The molecule has 0 aromatic rings. The van der Waals surface area contributed by atoms with E-state index in [-0.39, 0.29) is 26.1 Å². The maximum atomic E-state index is 12.7. The highest BCUT2D eigenvalue weighted by molar-refractivity contribution is 5.70. The summed E-state index contributed by atoms with van der Waals surface area (Å²) in [6.45, 7) is 3.14. The van der Waals surface area contributed by atoms with Crippen molar-refractivity contribution >= 4 is 11.9 Å². The van der Waals surface area contributed by atoms with Gasteiger partial charge in [0.25, 0.3) is 0 Å². The van der Waals surface area contributed by atoms with Crippen LogP contribution < -0.4 is 0 Å². The molecule has 0 aromatic carbocycles. The third-order valence-electron chi connectivity index (χ3n) is 9.09. The van der Waals surface area contributed by atoms with Crippen LogP contribution in [0.4, 0.5) is 0 Å². The molecule has 4 N–H and O–H groups in total. The lowest BCUT2D eigenvalue weighted by molar-refractivity contribution is -0.305. The number of allylic oxidation sites excluding steroid dienone is 12. The zero-order valence-electron chi connectivity index (χ0n) is 33.9. The third kappa shape index (κ3) is 27.4. The minimum atomic E-state index is -1.60. The zero-order valence-corrected chi connectivity index (χ0v) is 33.9. The fourth-order valence-electron chi connectivity index (χ4n) is 5.80. The average Bonchev–Trinajstić information content (AvgIpc) is 3.18. The van der Waals surface area contributed by atoms with Gasteiger partial charge in [0.2, 0.25) is 0 Å². The second-order valence-corrected chi connectivity index (χ2v) is 14.0. The van der Waals surface area contributed by atoms with Crippen LogP contribution in [0.25, 0.3) is 0 Å². The minimum Gasteiger partial charge on any atom is -0.462 e. The topological polar surface area (TPSA) is 152 Å². The maximum absolute atomic E-state index is 12.7. The minimum absolute atomic E-state index is 0.202. The van der Waals surface area contributed by atoms with Crippen LogP contribution in [-0.4, -0.2) is 89.0 Å². The molecule has 314 valence electrons. The van der Waals surface area contributed by atoms with Crippen LogP contribution in [0.2, 0.25) is 0 Å². The first-order valence-electron chi connectivity index (χ1n) is 21.0. The summed E-state index contributed by atoms with van der Waals surface area (Å²) in [6, 6.07) is 0. The highest BCUT2D eigenvalue weighted by Crippen LogP contribution is 2.22. The van der Waals surface area contributed by atoms with Gasteiger partial charge in [-0.2, -0.15) is 0 Å². The Labute approximate surface area is 332 Å². The van der Waals surface area contributed by atoms with Gasteiger partial charge in [-0.05, 0) is 77.0 Å². The van der Waals surface area contributed by atoms with Gasteiger partial charge in [0.15, 0.2) is 12.4 Å². The van der Waals surface area contributed by atoms with E-state index in [1.807, 2.05) is 0 Å². The molecule has 55 heavy (non-hydrogen) atoms. The summed E-state index contributed by atoms with van der Waals surface area (Å²) < 4.78 is 22.1. The largest absolute Gasteiger partial charge is 0.462 e. The lowest BCUT2D eigenvalue weighted by atomic mass is 9.99. The van der Waals surface area contributed by atoms with E-state index in [2.05, 4.69) is 86.8 Å². The highest BCUT2D eigenvalue weighted by Gasteiger charge is 2.44. The number of hydrogen-bond acceptors (Lipinski definition) is 10. The predicted octanol–water partition coefficient (Wildman–Crippen LogP) is 8.44. The molecule has 0 saturated carbocycles. The van der Waals surface area contributed by atoms with E-state index in [9.17, 15) is 30.0 Å². The molecule has 0 aromatic heterocycles. The van der Waals surface area contributed by atoms with E-state index < -0.39 is 55.4 Å². The SMILES string of the molecule is CC/C=C\C/C=C\C/C=C/CCCCCCCC(=O)O[C@H](COC(=O)CCCCCCC/C=C\C/C=C/C/C=C/CC)CO[C@@H]1O[C@H](CO)[C@H](O)[C@H](O)[C@H]1O. The Hall–Kier alpha value is -2.86. The Balaban J connectivity index is 2.39. The molecule has 1 saturated heterocycles. The van der Waals surface area contributed by atoms with Crippen molar-refractivity contribution in [2.24, 2.45) is 0 Å². The molecule has 0 amide bonds. The molecule has 6 atom stereocenters. The third-order valence-corrected chi connectivity index (χ3v) is 9.09. The van der Waals surface area contributed by atoms with Crippen molar-refractivity contribution in [2.75, 3.05) is 19.8 Å². The molecule has 10 heteroatoms. The Bertz CT molecular complexity index is 1120. The fraction of sp³-hybridized carbons (Fsp3) is 0.689. The number of ether oxygens (including phenoxy) is 4. The number of aliphatic hydroxyl groups excluding tert-OH is 4. The van der Waals surface area contributed by atoms with Crippen molar-refractivity contribution < 1.29 is 49.0 Å². The monoisotopic (exact) mass is 775 g/mol. The summed E-state index contributed by atoms with van der Waals surface area (Å²) in [5, 5.41) is 40.0. The van der Waals surface area contributed by atoms with E-state index >= 15 is 0 Å². The summed E-state index contributed by atoms with van der Waals surface area (Å²) in [5.41, 5.74) is 0. The molecule has 1 aliphatic heterocycles. The first kappa shape index (κ1) is 50.2. The van der Waals surface area contributed by atoms with Gasteiger partial charge in [-0.1, -0.05) is 125 Å².